The van der Waals surface area contributed by atoms with E-state index in [-0.39, 0.29) is 11.4 Å². The average Bonchev–Trinajstić information content (AvgIpc) is 2.27. The Morgan fingerprint density at radius 2 is 1.86 bits per heavy atom. The predicted molar refractivity (Wildman–Crippen MR) is 64.4 cm³/mol. The van der Waals surface area contributed by atoms with Crippen LogP contribution in [-0.2, 0) is 4.79 Å². The highest BCUT2D eigenvalue weighted by molar-refractivity contribution is 8.76. The van der Waals surface area contributed by atoms with Gasteiger partial charge in [0.15, 0.2) is 0 Å². The van der Waals surface area contributed by atoms with E-state index in [4.69, 9.17) is 5.73 Å². The van der Waals surface area contributed by atoms with Gasteiger partial charge < -0.3 is 10.6 Å². The fourth-order valence-corrected chi connectivity index (χ4v) is 3.26. The molecule has 5 heteroatoms. The molecule has 0 saturated carbocycles. The van der Waals surface area contributed by atoms with E-state index in [9.17, 15) is 4.79 Å². The zero-order valence-corrected chi connectivity index (χ0v) is 10.4. The van der Waals surface area contributed by atoms with Crippen molar-refractivity contribution >= 4 is 27.5 Å². The molecule has 0 aromatic rings. The third-order valence-corrected chi connectivity index (χ3v) is 4.30. The summed E-state index contributed by atoms with van der Waals surface area (Å²) < 4.78 is 0. The van der Waals surface area contributed by atoms with Crippen LogP contribution in [0.25, 0.3) is 0 Å². The van der Waals surface area contributed by atoms with Gasteiger partial charge >= 0.3 is 0 Å². The van der Waals surface area contributed by atoms with Crippen molar-refractivity contribution in [1.82, 2.24) is 4.90 Å². The standard InChI is InChI=1S/C9H18N2OS2/c1-9(2,10)7-8(12)11-3-5-13-14-6-4-11/h3-7,10H2,1-2H3. The highest BCUT2D eigenvalue weighted by atomic mass is 33.1. The van der Waals surface area contributed by atoms with Crippen LogP contribution in [0.5, 0.6) is 0 Å². The van der Waals surface area contributed by atoms with E-state index in [1.807, 2.05) is 40.3 Å². The molecular formula is C9H18N2OS2. The summed E-state index contributed by atoms with van der Waals surface area (Å²) in [7, 11) is 3.69. The maximum atomic E-state index is 11.8. The Morgan fingerprint density at radius 1 is 1.36 bits per heavy atom. The monoisotopic (exact) mass is 234 g/mol. The number of carbonyl (C=O) groups is 1. The molecule has 1 aliphatic heterocycles. The second-order valence-electron chi connectivity index (χ2n) is 4.19. The first-order valence-electron chi connectivity index (χ1n) is 4.80. The minimum absolute atomic E-state index is 0.195. The smallest absolute Gasteiger partial charge is 0.224 e. The van der Waals surface area contributed by atoms with Crippen molar-refractivity contribution in [3.63, 3.8) is 0 Å². The maximum absolute atomic E-state index is 11.8. The lowest BCUT2D eigenvalue weighted by Crippen LogP contribution is -2.42. The highest BCUT2D eigenvalue weighted by Gasteiger charge is 2.22. The van der Waals surface area contributed by atoms with E-state index in [0.717, 1.165) is 24.6 Å². The number of hydrogen-bond donors (Lipinski definition) is 1. The van der Waals surface area contributed by atoms with E-state index in [2.05, 4.69) is 0 Å². The van der Waals surface area contributed by atoms with Crippen LogP contribution in [0.3, 0.4) is 0 Å². The first-order valence-corrected chi connectivity index (χ1v) is 7.29. The van der Waals surface area contributed by atoms with Crippen LogP contribution in [0.4, 0.5) is 0 Å². The van der Waals surface area contributed by atoms with Gasteiger partial charge in [0.05, 0.1) is 0 Å². The number of carbonyl (C=O) groups excluding carboxylic acids is 1. The van der Waals surface area contributed by atoms with E-state index < -0.39 is 0 Å². The Kier molecular flexibility index (Phi) is 4.60. The molecule has 0 spiro atoms. The van der Waals surface area contributed by atoms with Crippen molar-refractivity contribution in [2.24, 2.45) is 5.73 Å². The molecule has 0 atom stereocenters. The van der Waals surface area contributed by atoms with Crippen LogP contribution in [0.15, 0.2) is 0 Å². The van der Waals surface area contributed by atoms with Crippen molar-refractivity contribution in [1.29, 1.82) is 0 Å². The van der Waals surface area contributed by atoms with Crippen molar-refractivity contribution in [2.45, 2.75) is 25.8 Å². The largest absolute Gasteiger partial charge is 0.341 e. The van der Waals surface area contributed by atoms with Gasteiger partial charge in [-0.05, 0) is 13.8 Å². The summed E-state index contributed by atoms with van der Waals surface area (Å²) in [5.74, 6) is 2.25. The highest BCUT2D eigenvalue weighted by Crippen LogP contribution is 2.24. The van der Waals surface area contributed by atoms with Crippen LogP contribution < -0.4 is 5.73 Å². The number of nitrogens with two attached hydrogens (primary N) is 1. The minimum Gasteiger partial charge on any atom is -0.341 e. The molecule has 1 fully saturated rings. The van der Waals surface area contributed by atoms with Crippen molar-refractivity contribution in [2.75, 3.05) is 24.6 Å². The molecule has 2 N–H and O–H groups in total. The first-order chi connectivity index (χ1) is 6.49. The molecule has 0 unspecified atom stereocenters. The molecular weight excluding hydrogens is 216 g/mol. The van der Waals surface area contributed by atoms with Crippen LogP contribution in [0.1, 0.15) is 20.3 Å². The van der Waals surface area contributed by atoms with Crippen molar-refractivity contribution in [3.8, 4) is 0 Å². The van der Waals surface area contributed by atoms with E-state index in [0.29, 0.717) is 6.42 Å². The predicted octanol–water partition coefficient (Wildman–Crippen LogP) is 1.34. The summed E-state index contributed by atoms with van der Waals surface area (Å²) in [5, 5.41) is 0. The summed E-state index contributed by atoms with van der Waals surface area (Å²) in [6.07, 6.45) is 0.447. The van der Waals surface area contributed by atoms with Gasteiger partial charge in [0.2, 0.25) is 5.91 Å². The van der Waals surface area contributed by atoms with Crippen LogP contribution in [0, 0.1) is 0 Å². The SMILES string of the molecule is CC(C)(N)CC(=O)N1CCSSCC1. The number of rotatable bonds is 2. The Labute approximate surface area is 93.6 Å². The van der Waals surface area contributed by atoms with Gasteiger partial charge in [0.1, 0.15) is 0 Å². The lowest BCUT2D eigenvalue weighted by Gasteiger charge is -2.24. The summed E-state index contributed by atoms with van der Waals surface area (Å²) in [6.45, 7) is 5.53. The topological polar surface area (TPSA) is 46.3 Å². The zero-order chi connectivity index (χ0) is 10.6. The Hall–Kier alpha value is 0.130. The fraction of sp³-hybridized carbons (Fsp3) is 0.889. The number of amides is 1. The second kappa shape index (κ2) is 5.28. The molecule has 1 amide bonds. The van der Waals surface area contributed by atoms with Gasteiger partial charge in [-0.3, -0.25) is 4.79 Å². The normalized spacial score (nSPS) is 19.2. The average molecular weight is 234 g/mol. The van der Waals surface area contributed by atoms with Gasteiger partial charge in [-0.25, -0.2) is 0 Å². The summed E-state index contributed by atoms with van der Waals surface area (Å²) in [6, 6.07) is 0. The third-order valence-electron chi connectivity index (χ3n) is 1.93. The third kappa shape index (κ3) is 4.57. The summed E-state index contributed by atoms with van der Waals surface area (Å²) in [5.41, 5.74) is 5.44. The lowest BCUT2D eigenvalue weighted by molar-refractivity contribution is -0.131. The van der Waals surface area contributed by atoms with Gasteiger partial charge in [0, 0.05) is 36.6 Å². The molecule has 0 aromatic heterocycles. The van der Waals surface area contributed by atoms with Gasteiger partial charge in [-0.15, -0.1) is 0 Å². The summed E-state index contributed by atoms with van der Waals surface area (Å²) in [4.78, 5) is 13.7. The Balaban J connectivity index is 2.42. The van der Waals surface area contributed by atoms with Crippen molar-refractivity contribution < 1.29 is 4.79 Å². The summed E-state index contributed by atoms with van der Waals surface area (Å²) >= 11 is 0. The molecule has 3 nitrogen and oxygen atoms in total. The molecule has 82 valence electrons. The first kappa shape index (κ1) is 12.2. The fourth-order valence-electron chi connectivity index (χ4n) is 1.28. The van der Waals surface area contributed by atoms with Crippen LogP contribution >= 0.6 is 21.6 Å². The lowest BCUT2D eigenvalue weighted by atomic mass is 10.0. The van der Waals surface area contributed by atoms with E-state index >= 15 is 0 Å². The molecule has 1 rings (SSSR count). The van der Waals surface area contributed by atoms with Crippen molar-refractivity contribution in [3.05, 3.63) is 0 Å². The molecule has 0 aromatic carbocycles. The second-order valence-corrected chi connectivity index (χ2v) is 6.89. The van der Waals surface area contributed by atoms with E-state index in [1.54, 1.807) is 0 Å². The molecule has 1 aliphatic rings. The quantitative estimate of drug-likeness (QED) is 0.732. The Bertz CT molecular complexity index is 195. The molecule has 0 radical (unpaired) electrons. The molecule has 1 saturated heterocycles. The van der Waals surface area contributed by atoms with Crippen LogP contribution in [-0.4, -0.2) is 40.9 Å². The zero-order valence-electron chi connectivity index (χ0n) is 8.78. The maximum Gasteiger partial charge on any atom is 0.224 e. The molecule has 1 heterocycles. The molecule has 14 heavy (non-hydrogen) atoms. The van der Waals surface area contributed by atoms with E-state index in [1.165, 1.54) is 0 Å². The van der Waals surface area contributed by atoms with Gasteiger partial charge in [-0.2, -0.15) is 0 Å². The van der Waals surface area contributed by atoms with Crippen LogP contribution in [0.2, 0.25) is 0 Å². The number of hydrogen-bond acceptors (Lipinski definition) is 4. The van der Waals surface area contributed by atoms with Gasteiger partial charge in [-0.1, -0.05) is 21.6 Å². The minimum atomic E-state index is -0.385. The number of nitrogens with zero attached hydrogens (tertiary/aromatic N) is 1. The Morgan fingerprint density at radius 3 is 2.29 bits per heavy atom. The molecule has 0 bridgehead atoms. The van der Waals surface area contributed by atoms with Gasteiger partial charge in [0.25, 0.3) is 0 Å². The molecule has 0 aliphatic carbocycles.